The van der Waals surface area contributed by atoms with Gasteiger partial charge in [0.2, 0.25) is 0 Å². The van der Waals surface area contributed by atoms with Gasteiger partial charge in [-0.2, -0.15) is 0 Å². The summed E-state index contributed by atoms with van der Waals surface area (Å²) in [6.07, 6.45) is -2.18. The summed E-state index contributed by atoms with van der Waals surface area (Å²) in [6, 6.07) is 22.3. The topological polar surface area (TPSA) is 130 Å². The molecule has 5 unspecified atom stereocenters. The second-order valence-corrected chi connectivity index (χ2v) is 11.4. The molecule has 2 amide bonds. The monoisotopic (exact) mass is 647 g/mol. The molecule has 1 saturated heterocycles. The normalized spacial score (nSPS) is 22.3. The summed E-state index contributed by atoms with van der Waals surface area (Å²) in [4.78, 5) is 40.1. The summed E-state index contributed by atoms with van der Waals surface area (Å²) in [5, 5.41) is 11.7. The molecule has 47 heavy (non-hydrogen) atoms. The zero-order chi connectivity index (χ0) is 33.2. The lowest BCUT2D eigenvalue weighted by molar-refractivity contribution is -0.290. The molecule has 2 aliphatic rings. The van der Waals surface area contributed by atoms with Gasteiger partial charge >= 0.3 is 5.97 Å². The Morgan fingerprint density at radius 2 is 1.47 bits per heavy atom. The molecule has 2 aliphatic heterocycles. The van der Waals surface area contributed by atoms with Crippen molar-refractivity contribution in [3.05, 3.63) is 101 Å². The Morgan fingerprint density at radius 1 is 0.809 bits per heavy atom. The van der Waals surface area contributed by atoms with E-state index in [2.05, 4.69) is 0 Å². The van der Waals surface area contributed by atoms with Crippen LogP contribution in [0.3, 0.4) is 0 Å². The van der Waals surface area contributed by atoms with E-state index in [1.165, 1.54) is 7.11 Å². The third-order valence-corrected chi connectivity index (χ3v) is 8.30. The number of carbonyl (C=O) groups is 3. The van der Waals surface area contributed by atoms with Crippen LogP contribution in [0.1, 0.15) is 57.5 Å². The first kappa shape index (κ1) is 34.2. The molecular weight excluding hydrogens is 606 g/mol. The lowest BCUT2D eigenvalue weighted by Gasteiger charge is -2.46. The quantitative estimate of drug-likeness (QED) is 0.137. The van der Waals surface area contributed by atoms with Crippen molar-refractivity contribution in [2.75, 3.05) is 27.4 Å². The molecule has 1 fully saturated rings. The Kier molecular flexibility index (Phi) is 12.1. The van der Waals surface area contributed by atoms with Crippen molar-refractivity contribution in [2.45, 2.75) is 69.5 Å². The lowest BCUT2D eigenvalue weighted by Crippen LogP contribution is -2.66. The molecule has 11 heteroatoms. The summed E-state index contributed by atoms with van der Waals surface area (Å²) in [5.74, 6) is -0.582. The number of amides is 2. The van der Waals surface area contributed by atoms with Crippen LogP contribution in [0.15, 0.2) is 78.9 Å². The highest BCUT2D eigenvalue weighted by molar-refractivity contribution is 6.21. The third-order valence-electron chi connectivity index (χ3n) is 8.30. The molecule has 2 heterocycles. The first-order chi connectivity index (χ1) is 22.9. The minimum absolute atomic E-state index is 0.00772. The van der Waals surface area contributed by atoms with Crippen LogP contribution in [0.5, 0.6) is 5.75 Å². The number of imide groups is 1. The molecule has 0 bridgehead atoms. The maximum absolute atomic E-state index is 13.7. The summed E-state index contributed by atoms with van der Waals surface area (Å²) < 4.78 is 34.8. The molecule has 3 aromatic rings. The van der Waals surface area contributed by atoms with E-state index in [4.69, 9.17) is 28.4 Å². The molecule has 0 aliphatic carbocycles. The summed E-state index contributed by atoms with van der Waals surface area (Å²) >= 11 is 0. The first-order valence-electron chi connectivity index (χ1n) is 15.8. The fourth-order valence-electron chi connectivity index (χ4n) is 5.75. The van der Waals surface area contributed by atoms with Crippen molar-refractivity contribution in [3.63, 3.8) is 0 Å². The van der Waals surface area contributed by atoms with E-state index in [1.54, 1.807) is 31.4 Å². The third kappa shape index (κ3) is 8.43. The van der Waals surface area contributed by atoms with Crippen LogP contribution in [0, 0.1) is 0 Å². The van der Waals surface area contributed by atoms with Crippen molar-refractivity contribution in [1.82, 2.24) is 4.90 Å². The molecule has 0 saturated carbocycles. The van der Waals surface area contributed by atoms with E-state index in [1.807, 2.05) is 54.6 Å². The van der Waals surface area contributed by atoms with E-state index in [0.29, 0.717) is 25.7 Å². The predicted molar refractivity (Wildman–Crippen MR) is 170 cm³/mol. The van der Waals surface area contributed by atoms with Gasteiger partial charge in [0, 0.05) is 13.0 Å². The molecule has 0 aromatic heterocycles. The average Bonchev–Trinajstić information content (AvgIpc) is 3.35. The minimum atomic E-state index is -1.27. The zero-order valence-corrected chi connectivity index (χ0v) is 26.6. The van der Waals surface area contributed by atoms with Crippen molar-refractivity contribution < 1.29 is 47.9 Å². The summed E-state index contributed by atoms with van der Waals surface area (Å²) in [6.45, 7) is 0.570. The van der Waals surface area contributed by atoms with Crippen LogP contribution >= 0.6 is 0 Å². The molecule has 11 nitrogen and oxygen atoms in total. The maximum atomic E-state index is 13.7. The number of esters is 1. The summed E-state index contributed by atoms with van der Waals surface area (Å²) in [7, 11) is 2.95. The molecular formula is C36H41NO10. The number of ether oxygens (including phenoxy) is 6. The van der Waals surface area contributed by atoms with Crippen LogP contribution in [0.4, 0.5) is 0 Å². The van der Waals surface area contributed by atoms with Crippen LogP contribution in [-0.4, -0.2) is 85.9 Å². The molecule has 0 spiro atoms. The molecule has 5 atom stereocenters. The van der Waals surface area contributed by atoms with Crippen LogP contribution in [0.25, 0.3) is 0 Å². The van der Waals surface area contributed by atoms with Crippen molar-refractivity contribution >= 4 is 17.8 Å². The van der Waals surface area contributed by atoms with E-state index in [-0.39, 0.29) is 43.5 Å². The van der Waals surface area contributed by atoms with E-state index in [0.717, 1.165) is 21.8 Å². The fourth-order valence-corrected chi connectivity index (χ4v) is 5.75. The number of nitrogens with zero attached hydrogens (tertiary/aromatic N) is 1. The number of unbranched alkanes of at least 4 members (excludes halogenated alkanes) is 2. The van der Waals surface area contributed by atoms with Crippen molar-refractivity contribution in [2.24, 2.45) is 0 Å². The van der Waals surface area contributed by atoms with Crippen molar-refractivity contribution in [3.8, 4) is 5.75 Å². The van der Waals surface area contributed by atoms with Crippen molar-refractivity contribution in [1.29, 1.82) is 0 Å². The zero-order valence-electron chi connectivity index (χ0n) is 26.6. The Balaban J connectivity index is 1.37. The molecule has 3 aromatic carbocycles. The highest BCUT2D eigenvalue weighted by Gasteiger charge is 2.54. The maximum Gasteiger partial charge on any atom is 0.305 e. The van der Waals surface area contributed by atoms with Crippen LogP contribution in [0.2, 0.25) is 0 Å². The largest absolute Gasteiger partial charge is 0.497 e. The number of rotatable bonds is 16. The molecule has 1 N–H and O–H groups in total. The molecule has 5 rings (SSSR count). The number of hydrogen-bond donors (Lipinski definition) is 1. The Hall–Kier alpha value is -4.13. The van der Waals surface area contributed by atoms with Gasteiger partial charge in [-0.1, -0.05) is 61.0 Å². The van der Waals surface area contributed by atoms with E-state index in [9.17, 15) is 19.5 Å². The van der Waals surface area contributed by atoms with Gasteiger partial charge in [-0.25, -0.2) is 0 Å². The number of hydrogen-bond acceptors (Lipinski definition) is 10. The van der Waals surface area contributed by atoms with Gasteiger partial charge in [-0.3, -0.25) is 19.3 Å². The standard InChI is InChI=1S/C36H41NO10/c1-42-26-18-16-25(17-19-26)21-44-23-29-32(39)33(46-22-24-11-5-3-6-12-24)31(36(47-29)45-20-10-4-7-15-30(38)43-2)37-34(40)27-13-8-9-14-28(27)35(37)41/h3,5-6,8-9,11-14,16-19,29,31-33,36,39H,4,7,10,15,20-23H2,1-2H3. The average molecular weight is 648 g/mol. The molecule has 0 radical (unpaired) electrons. The van der Waals surface area contributed by atoms with Gasteiger partial charge in [-0.15, -0.1) is 0 Å². The highest BCUT2D eigenvalue weighted by atomic mass is 16.7. The predicted octanol–water partition coefficient (Wildman–Crippen LogP) is 4.30. The van der Waals surface area contributed by atoms with E-state index >= 15 is 0 Å². The van der Waals surface area contributed by atoms with Gasteiger partial charge < -0.3 is 33.5 Å². The van der Waals surface area contributed by atoms with Gasteiger partial charge in [0.15, 0.2) is 6.29 Å². The van der Waals surface area contributed by atoms with Crippen LogP contribution in [-0.2, 0) is 41.7 Å². The van der Waals surface area contributed by atoms with Gasteiger partial charge in [0.1, 0.15) is 30.1 Å². The van der Waals surface area contributed by atoms with E-state index < -0.39 is 42.5 Å². The smallest absolute Gasteiger partial charge is 0.305 e. The van der Waals surface area contributed by atoms with Gasteiger partial charge in [0.25, 0.3) is 11.8 Å². The number of carbonyl (C=O) groups excluding carboxylic acids is 3. The Bertz CT molecular complexity index is 1450. The highest BCUT2D eigenvalue weighted by Crippen LogP contribution is 2.35. The number of methoxy groups -OCH3 is 2. The number of benzene rings is 3. The molecule has 250 valence electrons. The summed E-state index contributed by atoms with van der Waals surface area (Å²) in [5.41, 5.74) is 2.28. The lowest BCUT2D eigenvalue weighted by atomic mass is 9.95. The number of fused-ring (bicyclic) bond motifs is 1. The number of aliphatic hydroxyl groups excluding tert-OH is 1. The number of aliphatic hydroxyl groups is 1. The Morgan fingerprint density at radius 3 is 2.13 bits per heavy atom. The second kappa shape index (κ2) is 16.6. The first-order valence-corrected chi connectivity index (χ1v) is 15.8. The SMILES string of the molecule is COC(=O)CCCCCOC1OC(COCc2ccc(OC)cc2)C(O)C(OCc2ccccc2)C1N1C(=O)c2ccccc2C1=O. The van der Waals surface area contributed by atoms with Gasteiger partial charge in [-0.05, 0) is 48.2 Å². The fraction of sp³-hybridized carbons (Fsp3) is 0.417. The second-order valence-electron chi connectivity index (χ2n) is 11.4. The minimum Gasteiger partial charge on any atom is -0.497 e. The van der Waals surface area contributed by atoms with Crippen LogP contribution < -0.4 is 4.74 Å². The van der Waals surface area contributed by atoms with Gasteiger partial charge in [0.05, 0.1) is 45.2 Å². The Labute approximate surface area is 274 Å².